The van der Waals surface area contributed by atoms with Crippen molar-refractivity contribution < 1.29 is 18.7 Å². The van der Waals surface area contributed by atoms with Crippen molar-refractivity contribution in [2.75, 3.05) is 13.7 Å². The van der Waals surface area contributed by atoms with Crippen molar-refractivity contribution in [2.45, 2.75) is 18.9 Å². The van der Waals surface area contributed by atoms with Crippen molar-refractivity contribution in [3.05, 3.63) is 29.6 Å². The Balaban J connectivity index is 1.93. The van der Waals surface area contributed by atoms with E-state index in [1.807, 2.05) is 0 Å². The number of nitrogens with zero attached hydrogens (tertiary/aromatic N) is 1. The molecule has 0 atom stereocenters. The summed E-state index contributed by atoms with van der Waals surface area (Å²) in [6.07, 6.45) is 2.59. The van der Waals surface area contributed by atoms with Gasteiger partial charge in [0.05, 0.1) is 0 Å². The number of halogens is 1. The highest BCUT2D eigenvalue weighted by Crippen LogP contribution is 2.25. The van der Waals surface area contributed by atoms with Crippen LogP contribution in [0.25, 0.3) is 0 Å². The normalized spacial score (nSPS) is 14.1. The van der Waals surface area contributed by atoms with Crippen LogP contribution in [-0.2, 0) is 4.79 Å². The molecule has 1 fully saturated rings. The third-order valence-corrected chi connectivity index (χ3v) is 2.93. The first kappa shape index (κ1) is 12.5. The van der Waals surface area contributed by atoms with Crippen LogP contribution in [0.15, 0.2) is 18.2 Å². The summed E-state index contributed by atoms with van der Waals surface area (Å²) in [6.45, 7) is -0.190. The largest absolute Gasteiger partial charge is 0.481 e. The predicted molar refractivity (Wildman–Crippen MR) is 63.1 cm³/mol. The quantitative estimate of drug-likeness (QED) is 0.747. The van der Waals surface area contributed by atoms with Crippen LogP contribution in [0.5, 0.6) is 5.75 Å². The number of benzene rings is 1. The highest BCUT2D eigenvalue weighted by molar-refractivity contribution is 5.78. The highest BCUT2D eigenvalue weighted by atomic mass is 19.1. The van der Waals surface area contributed by atoms with Gasteiger partial charge < -0.3 is 9.64 Å². The summed E-state index contributed by atoms with van der Waals surface area (Å²) in [4.78, 5) is 23.7. The van der Waals surface area contributed by atoms with E-state index >= 15 is 0 Å². The number of rotatable bonds is 5. The molecule has 1 aromatic rings. The van der Waals surface area contributed by atoms with E-state index in [9.17, 15) is 14.0 Å². The maximum absolute atomic E-state index is 13.5. The molecule has 18 heavy (non-hydrogen) atoms. The molecule has 0 heterocycles. The fourth-order valence-electron chi connectivity index (χ4n) is 1.61. The van der Waals surface area contributed by atoms with Crippen LogP contribution in [-0.4, -0.2) is 36.8 Å². The Morgan fingerprint density at radius 1 is 1.56 bits per heavy atom. The molecule has 0 aliphatic heterocycles. The van der Waals surface area contributed by atoms with Crippen LogP contribution in [0.2, 0.25) is 0 Å². The lowest BCUT2D eigenvalue weighted by atomic mass is 10.2. The second-order valence-corrected chi connectivity index (χ2v) is 4.33. The van der Waals surface area contributed by atoms with Gasteiger partial charge in [-0.3, -0.25) is 9.59 Å². The number of hydrogen-bond acceptors (Lipinski definition) is 3. The summed E-state index contributed by atoms with van der Waals surface area (Å²) in [6, 6.07) is 4.19. The summed E-state index contributed by atoms with van der Waals surface area (Å²) >= 11 is 0. The van der Waals surface area contributed by atoms with E-state index in [0.717, 1.165) is 18.9 Å². The SMILES string of the molecule is CN(C(=O)COc1ccc(C=O)cc1F)C1CC1. The van der Waals surface area contributed by atoms with Gasteiger partial charge in [0.25, 0.3) is 5.91 Å². The topological polar surface area (TPSA) is 46.6 Å². The maximum atomic E-state index is 13.5. The second-order valence-electron chi connectivity index (χ2n) is 4.33. The molecule has 1 aromatic carbocycles. The predicted octanol–water partition coefficient (Wildman–Crippen LogP) is 1.64. The Morgan fingerprint density at radius 2 is 2.28 bits per heavy atom. The molecule has 1 saturated carbocycles. The van der Waals surface area contributed by atoms with E-state index in [-0.39, 0.29) is 23.8 Å². The van der Waals surface area contributed by atoms with Gasteiger partial charge in [-0.15, -0.1) is 0 Å². The number of carbonyl (C=O) groups excluding carboxylic acids is 2. The molecule has 0 spiro atoms. The van der Waals surface area contributed by atoms with Gasteiger partial charge in [-0.25, -0.2) is 4.39 Å². The smallest absolute Gasteiger partial charge is 0.260 e. The van der Waals surface area contributed by atoms with Crippen LogP contribution in [0.3, 0.4) is 0 Å². The number of ether oxygens (including phenoxy) is 1. The van der Waals surface area contributed by atoms with Gasteiger partial charge in [0.15, 0.2) is 18.2 Å². The van der Waals surface area contributed by atoms with E-state index in [1.165, 1.54) is 12.1 Å². The molecule has 4 nitrogen and oxygen atoms in total. The van der Waals surface area contributed by atoms with Gasteiger partial charge in [-0.2, -0.15) is 0 Å². The van der Waals surface area contributed by atoms with Crippen molar-refractivity contribution in [3.63, 3.8) is 0 Å². The standard InChI is InChI=1S/C13H14FNO3/c1-15(10-3-4-10)13(17)8-18-12-5-2-9(7-16)6-11(12)14/h2,5-7,10H,3-4,8H2,1H3. The molecule has 0 aromatic heterocycles. The fraction of sp³-hybridized carbons (Fsp3) is 0.385. The van der Waals surface area contributed by atoms with Crippen LogP contribution >= 0.6 is 0 Å². The van der Waals surface area contributed by atoms with Gasteiger partial charge in [-0.1, -0.05) is 0 Å². The Bertz CT molecular complexity index is 471. The lowest BCUT2D eigenvalue weighted by Crippen LogP contribution is -2.33. The Morgan fingerprint density at radius 3 is 2.83 bits per heavy atom. The van der Waals surface area contributed by atoms with E-state index < -0.39 is 5.82 Å². The summed E-state index contributed by atoms with van der Waals surface area (Å²) in [7, 11) is 1.72. The zero-order valence-electron chi connectivity index (χ0n) is 10.1. The second kappa shape index (κ2) is 5.16. The molecule has 5 heteroatoms. The number of carbonyl (C=O) groups is 2. The van der Waals surface area contributed by atoms with Crippen LogP contribution in [0.4, 0.5) is 4.39 Å². The van der Waals surface area contributed by atoms with Crippen LogP contribution < -0.4 is 4.74 Å². The molecule has 1 aliphatic rings. The lowest BCUT2D eigenvalue weighted by Gasteiger charge is -2.16. The molecule has 0 N–H and O–H groups in total. The Labute approximate surface area is 104 Å². The minimum atomic E-state index is -0.638. The van der Waals surface area contributed by atoms with E-state index in [4.69, 9.17) is 4.74 Å². The number of amides is 1. The molecule has 2 rings (SSSR count). The molecule has 96 valence electrons. The molecule has 1 amide bonds. The summed E-state index contributed by atoms with van der Waals surface area (Å²) < 4.78 is 18.6. The molecule has 0 unspecified atom stereocenters. The zero-order chi connectivity index (χ0) is 13.1. The van der Waals surface area contributed by atoms with Gasteiger partial charge >= 0.3 is 0 Å². The Hall–Kier alpha value is -1.91. The number of likely N-dealkylation sites (N-methyl/N-ethyl adjacent to an activating group) is 1. The molecule has 0 radical (unpaired) electrons. The first-order valence-electron chi connectivity index (χ1n) is 5.75. The van der Waals surface area contributed by atoms with Gasteiger partial charge in [0.2, 0.25) is 0 Å². The van der Waals surface area contributed by atoms with Crippen molar-refractivity contribution >= 4 is 12.2 Å². The average Bonchev–Trinajstić information content (AvgIpc) is 3.20. The van der Waals surface area contributed by atoms with Crippen LogP contribution in [0.1, 0.15) is 23.2 Å². The molecule has 1 aliphatic carbocycles. The number of aldehydes is 1. The van der Waals surface area contributed by atoms with Crippen molar-refractivity contribution in [3.8, 4) is 5.75 Å². The summed E-state index contributed by atoms with van der Waals surface area (Å²) in [5.41, 5.74) is 0.237. The summed E-state index contributed by atoms with van der Waals surface area (Å²) in [5, 5.41) is 0. The third kappa shape index (κ3) is 2.85. The minimum Gasteiger partial charge on any atom is -0.481 e. The summed E-state index contributed by atoms with van der Waals surface area (Å²) in [5.74, 6) is -0.823. The molecule has 0 saturated heterocycles. The lowest BCUT2D eigenvalue weighted by molar-refractivity contribution is -0.132. The number of hydrogen-bond donors (Lipinski definition) is 0. The third-order valence-electron chi connectivity index (χ3n) is 2.93. The first-order valence-corrected chi connectivity index (χ1v) is 5.75. The van der Waals surface area contributed by atoms with Crippen LogP contribution in [0, 0.1) is 5.82 Å². The van der Waals surface area contributed by atoms with Crippen molar-refractivity contribution in [2.24, 2.45) is 0 Å². The zero-order valence-corrected chi connectivity index (χ0v) is 10.1. The highest BCUT2D eigenvalue weighted by Gasteiger charge is 2.29. The fourth-order valence-corrected chi connectivity index (χ4v) is 1.61. The van der Waals surface area contributed by atoms with E-state index in [0.29, 0.717) is 12.3 Å². The van der Waals surface area contributed by atoms with Gasteiger partial charge in [-0.05, 0) is 31.0 Å². The average molecular weight is 251 g/mol. The van der Waals surface area contributed by atoms with Gasteiger partial charge in [0.1, 0.15) is 6.29 Å². The first-order chi connectivity index (χ1) is 8.61. The molecular weight excluding hydrogens is 237 g/mol. The Kier molecular flexibility index (Phi) is 3.60. The van der Waals surface area contributed by atoms with E-state index in [2.05, 4.69) is 0 Å². The molecular formula is C13H14FNO3. The monoisotopic (exact) mass is 251 g/mol. The van der Waals surface area contributed by atoms with Gasteiger partial charge in [0, 0.05) is 18.7 Å². The minimum absolute atomic E-state index is 0.0156. The van der Waals surface area contributed by atoms with Crippen molar-refractivity contribution in [1.29, 1.82) is 0 Å². The molecule has 0 bridgehead atoms. The van der Waals surface area contributed by atoms with E-state index in [1.54, 1.807) is 11.9 Å². The van der Waals surface area contributed by atoms with Crippen molar-refractivity contribution in [1.82, 2.24) is 4.90 Å². The maximum Gasteiger partial charge on any atom is 0.260 e.